The van der Waals surface area contributed by atoms with Crippen molar-refractivity contribution in [2.24, 2.45) is 5.73 Å². The number of rotatable bonds is 3. The first-order valence-electron chi connectivity index (χ1n) is 7.53. The number of fused-ring (bicyclic) bond motifs is 2. The maximum absolute atomic E-state index is 12.0. The molecule has 2 N–H and O–H groups in total. The standard InChI is InChI=1S/C19H15N3O.ClH/c20-19(23)18(17-5-1-2-9-21-17)13-7-8-16-14(11-13)10-12-4-3-6-15(12)22-16;/h1-5,7-11,18H,6H2,(H2,20,23);1H. The molecule has 0 radical (unpaired) electrons. The highest BCUT2D eigenvalue weighted by Crippen LogP contribution is 2.28. The maximum atomic E-state index is 12.0. The van der Waals surface area contributed by atoms with E-state index in [2.05, 4.69) is 28.2 Å². The molecular formula is C19H16ClN3O. The van der Waals surface area contributed by atoms with Crippen molar-refractivity contribution in [1.29, 1.82) is 0 Å². The number of carbonyl (C=O) groups is 1. The van der Waals surface area contributed by atoms with Crippen molar-refractivity contribution in [3.8, 4) is 0 Å². The predicted molar refractivity (Wildman–Crippen MR) is 97.0 cm³/mol. The summed E-state index contributed by atoms with van der Waals surface area (Å²) in [6.45, 7) is 0. The molecule has 4 nitrogen and oxygen atoms in total. The van der Waals surface area contributed by atoms with Crippen LogP contribution in [0.1, 0.15) is 28.4 Å². The van der Waals surface area contributed by atoms with Crippen molar-refractivity contribution in [2.45, 2.75) is 12.3 Å². The fraction of sp³-hybridized carbons (Fsp3) is 0.105. The fourth-order valence-electron chi connectivity index (χ4n) is 3.06. The third-order valence-electron chi connectivity index (χ3n) is 4.16. The van der Waals surface area contributed by atoms with Gasteiger partial charge in [0.2, 0.25) is 5.91 Å². The van der Waals surface area contributed by atoms with E-state index >= 15 is 0 Å². The summed E-state index contributed by atoms with van der Waals surface area (Å²) in [5.74, 6) is -0.957. The van der Waals surface area contributed by atoms with E-state index in [1.807, 2.05) is 36.4 Å². The van der Waals surface area contributed by atoms with E-state index in [1.165, 1.54) is 0 Å². The molecule has 0 aliphatic heterocycles. The van der Waals surface area contributed by atoms with Gasteiger partial charge in [0.25, 0.3) is 0 Å². The monoisotopic (exact) mass is 337 g/mol. The molecule has 0 spiro atoms. The summed E-state index contributed by atoms with van der Waals surface area (Å²) >= 11 is 0. The van der Waals surface area contributed by atoms with Gasteiger partial charge in [0.05, 0.1) is 16.9 Å². The van der Waals surface area contributed by atoms with Gasteiger partial charge in [-0.25, -0.2) is 0 Å². The molecule has 120 valence electrons. The quantitative estimate of drug-likeness (QED) is 0.797. The smallest absolute Gasteiger partial charge is 0.231 e. The fourth-order valence-corrected chi connectivity index (χ4v) is 3.06. The van der Waals surface area contributed by atoms with Crippen molar-refractivity contribution < 1.29 is 4.79 Å². The van der Waals surface area contributed by atoms with Crippen LogP contribution in [0, 0.1) is 0 Å². The van der Waals surface area contributed by atoms with E-state index in [1.54, 1.807) is 6.20 Å². The summed E-state index contributed by atoms with van der Waals surface area (Å²) in [6, 6.07) is 13.5. The number of nitrogens with zero attached hydrogens (tertiary/aromatic N) is 2. The maximum Gasteiger partial charge on any atom is 0.231 e. The van der Waals surface area contributed by atoms with Crippen LogP contribution < -0.4 is 5.73 Å². The van der Waals surface area contributed by atoms with Gasteiger partial charge in [0.1, 0.15) is 5.92 Å². The number of hydrogen-bond acceptors (Lipinski definition) is 3. The zero-order valence-corrected chi connectivity index (χ0v) is 13.7. The Bertz CT molecular complexity index is 938. The van der Waals surface area contributed by atoms with Crippen molar-refractivity contribution in [3.63, 3.8) is 0 Å². The van der Waals surface area contributed by atoms with Crippen LogP contribution in [0.5, 0.6) is 0 Å². The van der Waals surface area contributed by atoms with Gasteiger partial charge in [-0.05, 0) is 41.5 Å². The van der Waals surface area contributed by atoms with Gasteiger partial charge < -0.3 is 5.73 Å². The van der Waals surface area contributed by atoms with Gasteiger partial charge in [-0.3, -0.25) is 14.8 Å². The second kappa shape index (κ2) is 6.42. The molecule has 2 heterocycles. The van der Waals surface area contributed by atoms with Crippen LogP contribution in [0.4, 0.5) is 0 Å². The SMILES string of the molecule is Cl.NC(=O)C(c1ccc2nc3c(cc2c1)C=CC3)c1ccccn1. The summed E-state index contributed by atoms with van der Waals surface area (Å²) < 4.78 is 0. The van der Waals surface area contributed by atoms with E-state index < -0.39 is 11.8 Å². The molecule has 24 heavy (non-hydrogen) atoms. The molecule has 2 aromatic heterocycles. The Hall–Kier alpha value is -2.72. The Kier molecular flexibility index (Phi) is 4.32. The van der Waals surface area contributed by atoms with Crippen LogP contribution in [0.3, 0.4) is 0 Å². The first kappa shape index (κ1) is 16.1. The molecule has 1 amide bonds. The van der Waals surface area contributed by atoms with Gasteiger partial charge in [-0.1, -0.05) is 24.3 Å². The summed E-state index contributed by atoms with van der Waals surface area (Å²) in [6.07, 6.45) is 6.74. The Morgan fingerprint density at radius 1 is 1.17 bits per heavy atom. The van der Waals surface area contributed by atoms with Crippen molar-refractivity contribution in [3.05, 3.63) is 77.3 Å². The van der Waals surface area contributed by atoms with Crippen LogP contribution in [0.2, 0.25) is 0 Å². The number of pyridine rings is 2. The Balaban J connectivity index is 0.00000169. The molecule has 0 saturated heterocycles. The van der Waals surface area contributed by atoms with E-state index in [4.69, 9.17) is 5.73 Å². The van der Waals surface area contributed by atoms with Crippen molar-refractivity contribution in [2.75, 3.05) is 0 Å². The average Bonchev–Trinajstić information content (AvgIpc) is 3.00. The van der Waals surface area contributed by atoms with Crippen LogP contribution >= 0.6 is 12.4 Å². The van der Waals surface area contributed by atoms with Crippen molar-refractivity contribution >= 4 is 35.3 Å². The number of hydrogen-bond donors (Lipinski definition) is 1. The zero-order chi connectivity index (χ0) is 15.8. The van der Waals surface area contributed by atoms with Gasteiger partial charge in [0, 0.05) is 18.0 Å². The summed E-state index contributed by atoms with van der Waals surface area (Å²) in [5.41, 5.74) is 10.3. The Labute approximate surface area is 145 Å². The number of benzene rings is 1. The Morgan fingerprint density at radius 3 is 2.79 bits per heavy atom. The molecule has 1 aromatic carbocycles. The van der Waals surface area contributed by atoms with Crippen LogP contribution in [0.15, 0.2) is 54.7 Å². The first-order chi connectivity index (χ1) is 11.2. The molecule has 0 fully saturated rings. The largest absolute Gasteiger partial charge is 0.369 e. The molecule has 1 atom stereocenters. The molecule has 1 unspecified atom stereocenters. The minimum Gasteiger partial charge on any atom is -0.369 e. The normalized spacial score (nSPS) is 13.3. The number of primary amides is 1. The highest BCUT2D eigenvalue weighted by atomic mass is 35.5. The molecular weight excluding hydrogens is 322 g/mol. The second-order valence-corrected chi connectivity index (χ2v) is 5.67. The van der Waals surface area contributed by atoms with E-state index in [-0.39, 0.29) is 12.4 Å². The molecule has 1 aliphatic carbocycles. The number of carbonyl (C=O) groups excluding carboxylic acids is 1. The predicted octanol–water partition coefficient (Wildman–Crippen LogP) is 3.24. The molecule has 1 aliphatic rings. The van der Waals surface area contributed by atoms with Gasteiger partial charge in [-0.2, -0.15) is 0 Å². The number of nitrogens with two attached hydrogens (primary N) is 1. The van der Waals surface area contributed by atoms with Gasteiger partial charge >= 0.3 is 0 Å². The zero-order valence-electron chi connectivity index (χ0n) is 12.8. The van der Waals surface area contributed by atoms with Gasteiger partial charge in [0.15, 0.2) is 0 Å². The molecule has 4 rings (SSSR count). The summed E-state index contributed by atoms with van der Waals surface area (Å²) in [5, 5.41) is 1.01. The molecule has 0 bridgehead atoms. The van der Waals surface area contributed by atoms with E-state index in [0.29, 0.717) is 5.69 Å². The lowest BCUT2D eigenvalue weighted by atomic mass is 9.93. The van der Waals surface area contributed by atoms with Crippen LogP contribution in [-0.4, -0.2) is 15.9 Å². The molecule has 0 saturated carbocycles. The highest BCUT2D eigenvalue weighted by molar-refractivity contribution is 5.88. The lowest BCUT2D eigenvalue weighted by molar-refractivity contribution is -0.118. The molecule has 5 heteroatoms. The second-order valence-electron chi connectivity index (χ2n) is 5.67. The molecule has 3 aromatic rings. The number of aromatic nitrogens is 2. The Morgan fingerprint density at radius 2 is 2.04 bits per heavy atom. The van der Waals surface area contributed by atoms with Crippen LogP contribution in [0.25, 0.3) is 17.0 Å². The van der Waals surface area contributed by atoms with Crippen LogP contribution in [-0.2, 0) is 11.2 Å². The highest BCUT2D eigenvalue weighted by Gasteiger charge is 2.22. The van der Waals surface area contributed by atoms with Gasteiger partial charge in [-0.15, -0.1) is 12.4 Å². The third kappa shape index (κ3) is 2.76. The third-order valence-corrected chi connectivity index (χ3v) is 4.16. The lowest BCUT2D eigenvalue weighted by Gasteiger charge is -2.14. The first-order valence-corrected chi connectivity index (χ1v) is 7.53. The topological polar surface area (TPSA) is 68.9 Å². The summed E-state index contributed by atoms with van der Waals surface area (Å²) in [4.78, 5) is 20.9. The minimum absolute atomic E-state index is 0. The average molecular weight is 338 g/mol. The number of amides is 1. The van der Waals surface area contributed by atoms with E-state index in [0.717, 1.165) is 34.1 Å². The number of halogens is 1. The minimum atomic E-state index is -0.551. The number of allylic oxidation sites excluding steroid dienone is 1. The summed E-state index contributed by atoms with van der Waals surface area (Å²) in [7, 11) is 0. The van der Waals surface area contributed by atoms with Crippen molar-refractivity contribution in [1.82, 2.24) is 9.97 Å². The lowest BCUT2D eigenvalue weighted by Crippen LogP contribution is -2.23. The van der Waals surface area contributed by atoms with E-state index in [9.17, 15) is 4.79 Å².